The van der Waals surface area contributed by atoms with Crippen molar-refractivity contribution in [1.82, 2.24) is 0 Å². The van der Waals surface area contributed by atoms with Gasteiger partial charge in [-0.1, -0.05) is 30.9 Å². The van der Waals surface area contributed by atoms with Crippen molar-refractivity contribution in [2.75, 3.05) is 0 Å². The Morgan fingerprint density at radius 3 is 2.45 bits per heavy atom. The van der Waals surface area contributed by atoms with Crippen LogP contribution in [0.25, 0.3) is 0 Å². The van der Waals surface area contributed by atoms with E-state index in [0.29, 0.717) is 12.2 Å². The van der Waals surface area contributed by atoms with Crippen molar-refractivity contribution in [3.8, 4) is 0 Å². The van der Waals surface area contributed by atoms with E-state index in [1.165, 1.54) is 0 Å². The van der Waals surface area contributed by atoms with Gasteiger partial charge >= 0.3 is 0 Å². The first-order valence-electron chi connectivity index (χ1n) is 3.51. The van der Waals surface area contributed by atoms with E-state index >= 15 is 0 Å². The lowest BCUT2D eigenvalue weighted by atomic mass is 10.1. The normalized spacial score (nSPS) is 12.8. The van der Waals surface area contributed by atoms with Crippen LogP contribution >= 0.6 is 0 Å². The second kappa shape index (κ2) is 5.54. The Labute approximate surface area is 68.1 Å². The summed E-state index contributed by atoms with van der Waals surface area (Å²) in [5.41, 5.74) is 0.875. The zero-order chi connectivity index (χ0) is 8.69. The Morgan fingerprint density at radius 2 is 2.09 bits per heavy atom. The maximum absolute atomic E-state index is 9.12. The van der Waals surface area contributed by atoms with E-state index < -0.39 is 0 Å². The van der Waals surface area contributed by atoms with E-state index in [9.17, 15) is 0 Å². The Hall–Kier alpha value is -1.24. The molecule has 0 aliphatic rings. The molecule has 0 aliphatic heterocycles. The average Bonchev–Trinajstić information content (AvgIpc) is 1.97. The highest BCUT2D eigenvalue weighted by molar-refractivity contribution is 5.25. The minimum Gasteiger partial charge on any atom is -0.512 e. The molecule has 0 aromatic rings. The predicted molar refractivity (Wildman–Crippen MR) is 49.5 cm³/mol. The molecule has 0 radical (unpaired) electrons. The number of hydrogen-bond acceptors (Lipinski definition) is 1. The Bertz CT molecular complexity index is 193. The zero-order valence-corrected chi connectivity index (χ0v) is 6.88. The van der Waals surface area contributed by atoms with Crippen LogP contribution in [-0.4, -0.2) is 5.11 Å². The van der Waals surface area contributed by atoms with Crippen LogP contribution < -0.4 is 0 Å². The van der Waals surface area contributed by atoms with Gasteiger partial charge in [0.1, 0.15) is 0 Å². The molecule has 0 saturated heterocycles. The highest BCUT2D eigenvalue weighted by atomic mass is 16.3. The van der Waals surface area contributed by atoms with Crippen molar-refractivity contribution < 1.29 is 5.11 Å². The van der Waals surface area contributed by atoms with Gasteiger partial charge < -0.3 is 5.11 Å². The smallest absolute Gasteiger partial charge is 0.0926 e. The second-order valence-electron chi connectivity index (χ2n) is 2.20. The second-order valence-corrected chi connectivity index (χ2v) is 2.20. The highest BCUT2D eigenvalue weighted by Crippen LogP contribution is 2.08. The number of aliphatic hydroxyl groups is 1. The van der Waals surface area contributed by atoms with E-state index in [1.807, 2.05) is 6.08 Å². The van der Waals surface area contributed by atoms with Gasteiger partial charge in [-0.15, -0.1) is 6.58 Å². The van der Waals surface area contributed by atoms with Crippen molar-refractivity contribution in [1.29, 1.82) is 0 Å². The van der Waals surface area contributed by atoms with Crippen LogP contribution in [0.1, 0.15) is 13.3 Å². The van der Waals surface area contributed by atoms with Gasteiger partial charge in [0, 0.05) is 0 Å². The molecular formula is C10H14O. The SMILES string of the molecule is C=C/C=C\C(CC=C)=C(/C)O. The summed E-state index contributed by atoms with van der Waals surface area (Å²) in [5.74, 6) is 0.336. The third kappa shape index (κ3) is 4.20. The van der Waals surface area contributed by atoms with Crippen molar-refractivity contribution in [2.24, 2.45) is 0 Å². The van der Waals surface area contributed by atoms with E-state index in [0.717, 1.165) is 5.57 Å². The molecule has 0 aromatic heterocycles. The van der Waals surface area contributed by atoms with Gasteiger partial charge in [0.15, 0.2) is 0 Å². The molecule has 0 bridgehead atoms. The monoisotopic (exact) mass is 150 g/mol. The van der Waals surface area contributed by atoms with Crippen LogP contribution in [0, 0.1) is 0 Å². The first kappa shape index (κ1) is 9.76. The Kier molecular flexibility index (Phi) is 4.91. The van der Waals surface area contributed by atoms with Crippen LogP contribution in [0.2, 0.25) is 0 Å². The molecule has 0 atom stereocenters. The molecule has 0 aliphatic carbocycles. The fraction of sp³-hybridized carbons (Fsp3) is 0.200. The molecule has 1 nitrogen and oxygen atoms in total. The number of rotatable bonds is 4. The summed E-state index contributed by atoms with van der Waals surface area (Å²) >= 11 is 0. The lowest BCUT2D eigenvalue weighted by molar-refractivity contribution is 0.408. The Morgan fingerprint density at radius 1 is 1.45 bits per heavy atom. The van der Waals surface area contributed by atoms with Crippen LogP contribution in [0.3, 0.4) is 0 Å². The predicted octanol–water partition coefficient (Wildman–Crippen LogP) is 3.14. The van der Waals surface area contributed by atoms with Crippen molar-refractivity contribution in [3.63, 3.8) is 0 Å². The topological polar surface area (TPSA) is 20.2 Å². The standard InChI is InChI=1S/C10H14O/c1-4-6-8-10(7-5-2)9(3)11/h4-6,8,11H,1-2,7H2,3H3/b8-6-,10-9+. The van der Waals surface area contributed by atoms with Gasteiger partial charge in [0.05, 0.1) is 5.76 Å². The number of allylic oxidation sites excluding steroid dienone is 6. The van der Waals surface area contributed by atoms with Crippen molar-refractivity contribution in [3.05, 3.63) is 48.8 Å². The quantitative estimate of drug-likeness (QED) is 0.371. The first-order valence-corrected chi connectivity index (χ1v) is 3.51. The number of aliphatic hydroxyl groups excluding tert-OH is 1. The van der Waals surface area contributed by atoms with Crippen molar-refractivity contribution in [2.45, 2.75) is 13.3 Å². The summed E-state index contributed by atoms with van der Waals surface area (Å²) in [6.45, 7) is 8.78. The summed E-state index contributed by atoms with van der Waals surface area (Å²) in [4.78, 5) is 0. The summed E-state index contributed by atoms with van der Waals surface area (Å²) in [6.07, 6.45) is 7.73. The zero-order valence-electron chi connectivity index (χ0n) is 6.88. The fourth-order valence-electron chi connectivity index (χ4n) is 0.676. The van der Waals surface area contributed by atoms with E-state index in [-0.39, 0.29) is 0 Å². The molecule has 1 N–H and O–H groups in total. The lowest BCUT2D eigenvalue weighted by Crippen LogP contribution is -1.81. The molecular weight excluding hydrogens is 136 g/mol. The largest absolute Gasteiger partial charge is 0.512 e. The van der Waals surface area contributed by atoms with Gasteiger partial charge in [-0.25, -0.2) is 0 Å². The molecule has 1 heteroatoms. The highest BCUT2D eigenvalue weighted by Gasteiger charge is 1.92. The summed E-state index contributed by atoms with van der Waals surface area (Å²) < 4.78 is 0. The van der Waals surface area contributed by atoms with Crippen LogP contribution in [0.5, 0.6) is 0 Å². The molecule has 60 valence electrons. The lowest BCUT2D eigenvalue weighted by Gasteiger charge is -1.97. The molecule has 0 unspecified atom stereocenters. The van der Waals surface area contributed by atoms with Gasteiger partial charge in [-0.2, -0.15) is 0 Å². The van der Waals surface area contributed by atoms with E-state index in [1.54, 1.807) is 25.2 Å². The minimum absolute atomic E-state index is 0.336. The third-order valence-electron chi connectivity index (χ3n) is 1.26. The van der Waals surface area contributed by atoms with Gasteiger partial charge in [0.25, 0.3) is 0 Å². The Balaban J connectivity index is 4.35. The van der Waals surface area contributed by atoms with Crippen LogP contribution in [0.4, 0.5) is 0 Å². The average molecular weight is 150 g/mol. The number of hydrogen-bond donors (Lipinski definition) is 1. The summed E-state index contributed by atoms with van der Waals surface area (Å²) in [5, 5.41) is 9.12. The van der Waals surface area contributed by atoms with Crippen LogP contribution in [0.15, 0.2) is 48.8 Å². The minimum atomic E-state index is 0.336. The molecule has 11 heavy (non-hydrogen) atoms. The molecule has 0 rings (SSSR count). The fourth-order valence-corrected chi connectivity index (χ4v) is 0.676. The molecule has 0 fully saturated rings. The van der Waals surface area contributed by atoms with Gasteiger partial charge in [-0.3, -0.25) is 0 Å². The molecule has 0 saturated carbocycles. The van der Waals surface area contributed by atoms with Gasteiger partial charge in [0.2, 0.25) is 0 Å². The van der Waals surface area contributed by atoms with Crippen molar-refractivity contribution >= 4 is 0 Å². The molecule has 0 amide bonds. The maximum Gasteiger partial charge on any atom is 0.0926 e. The maximum atomic E-state index is 9.12. The molecule has 0 spiro atoms. The molecule has 0 aromatic carbocycles. The van der Waals surface area contributed by atoms with E-state index in [4.69, 9.17) is 5.11 Å². The summed E-state index contributed by atoms with van der Waals surface area (Å²) in [6, 6.07) is 0. The van der Waals surface area contributed by atoms with E-state index in [2.05, 4.69) is 13.2 Å². The first-order chi connectivity index (χ1) is 5.22. The van der Waals surface area contributed by atoms with Gasteiger partial charge in [-0.05, 0) is 18.9 Å². The third-order valence-corrected chi connectivity index (χ3v) is 1.26. The summed E-state index contributed by atoms with van der Waals surface area (Å²) in [7, 11) is 0. The van der Waals surface area contributed by atoms with Crippen LogP contribution in [-0.2, 0) is 0 Å². The molecule has 0 heterocycles.